The highest BCUT2D eigenvalue weighted by molar-refractivity contribution is 7.67. The van der Waals surface area contributed by atoms with Crippen LogP contribution in [0.1, 0.15) is 205 Å². The first-order valence-corrected chi connectivity index (χ1v) is 20.9. The molecule has 3 rings (SSSR count). The number of rotatable bonds is 15. The highest BCUT2D eigenvalue weighted by Gasteiger charge is 2.34. The van der Waals surface area contributed by atoms with Crippen LogP contribution in [0, 0.1) is 0 Å². The fourth-order valence-corrected chi connectivity index (χ4v) is 11.6. The zero-order chi connectivity index (χ0) is 35.3. The number of hydrogen-bond acceptors (Lipinski definition) is 0. The van der Waals surface area contributed by atoms with Gasteiger partial charge in [-0.3, -0.25) is 0 Å². The normalized spacial score (nSPS) is 12.6. The molecule has 0 amide bonds. The summed E-state index contributed by atoms with van der Waals surface area (Å²) in [7, 11) is -0.439. The summed E-state index contributed by atoms with van der Waals surface area (Å²) in [6.45, 7) is 38.6. The van der Waals surface area contributed by atoms with E-state index in [0.717, 1.165) is 0 Å². The molecule has 0 aromatic heterocycles. The van der Waals surface area contributed by atoms with Gasteiger partial charge in [0.25, 0.3) is 0 Å². The van der Waals surface area contributed by atoms with E-state index >= 15 is 0 Å². The van der Waals surface area contributed by atoms with Gasteiger partial charge >= 0.3 is 0 Å². The molecule has 0 heterocycles. The first-order valence-electron chi connectivity index (χ1n) is 19.4. The zero-order valence-electron chi connectivity index (χ0n) is 33.4. The summed E-state index contributed by atoms with van der Waals surface area (Å²) < 4.78 is 0. The maximum absolute atomic E-state index is 2.57. The van der Waals surface area contributed by atoms with E-state index in [1.165, 1.54) is 81.3 Å². The lowest BCUT2D eigenvalue weighted by atomic mass is 9.79. The second-order valence-corrected chi connectivity index (χ2v) is 18.8. The Hall–Kier alpha value is -1.91. The third-order valence-electron chi connectivity index (χ3n) is 10.8. The Morgan fingerprint density at radius 2 is 0.702 bits per heavy atom. The lowest BCUT2D eigenvalue weighted by Crippen LogP contribution is -2.25. The summed E-state index contributed by atoms with van der Waals surface area (Å²) >= 11 is 0. The molecule has 0 fully saturated rings. The molecule has 0 N–H and O–H groups in total. The fraction of sp³-hybridized carbons (Fsp3) is 0.609. The van der Waals surface area contributed by atoms with Crippen molar-refractivity contribution in [1.82, 2.24) is 0 Å². The largest absolute Gasteiger partial charge is 0.0676 e. The molecule has 1 heteroatoms. The van der Waals surface area contributed by atoms with Gasteiger partial charge in [-0.05, 0) is 133 Å². The van der Waals surface area contributed by atoms with Crippen LogP contribution in [0.15, 0.2) is 42.5 Å². The molecule has 0 aliphatic carbocycles. The molecule has 0 nitrogen and oxygen atoms in total. The Labute approximate surface area is 293 Å². The zero-order valence-corrected chi connectivity index (χ0v) is 34.3. The molecule has 260 valence electrons. The van der Waals surface area contributed by atoms with Crippen LogP contribution in [0.25, 0.3) is 22.3 Å². The van der Waals surface area contributed by atoms with Gasteiger partial charge in [0.1, 0.15) is 0 Å². The van der Waals surface area contributed by atoms with Crippen molar-refractivity contribution in [3.05, 3.63) is 75.8 Å². The first kappa shape index (κ1) is 39.5. The summed E-state index contributed by atoms with van der Waals surface area (Å²) in [4.78, 5) is 0. The lowest BCUT2D eigenvalue weighted by Gasteiger charge is -2.38. The molecule has 0 bridgehead atoms. The molecule has 0 aliphatic rings. The van der Waals surface area contributed by atoms with E-state index in [2.05, 4.69) is 153 Å². The van der Waals surface area contributed by atoms with Crippen molar-refractivity contribution in [2.45, 2.75) is 183 Å². The predicted molar refractivity (Wildman–Crippen MR) is 217 cm³/mol. The van der Waals surface area contributed by atoms with E-state index in [-0.39, 0.29) is 0 Å². The maximum Gasteiger partial charge on any atom is -0.00783 e. The van der Waals surface area contributed by atoms with Gasteiger partial charge in [-0.15, -0.1) is 0 Å². The SMILES string of the molecule is CCC(CC)P(c1c(-c2c(C(C)C)cc(C(C)C)cc2C(C)C)cccc1-c1c(C(C)C)cc(C(C)C)cc1C(C)C)C(CC)CC. The highest BCUT2D eigenvalue weighted by Crippen LogP contribution is 2.56. The van der Waals surface area contributed by atoms with E-state index in [4.69, 9.17) is 0 Å². The van der Waals surface area contributed by atoms with Crippen molar-refractivity contribution < 1.29 is 0 Å². The first-order chi connectivity index (χ1) is 22.1. The average Bonchev–Trinajstić information content (AvgIpc) is 3.03. The Morgan fingerprint density at radius 3 is 0.915 bits per heavy atom. The van der Waals surface area contributed by atoms with Gasteiger partial charge in [-0.2, -0.15) is 0 Å². The maximum atomic E-state index is 2.57. The molecule has 0 saturated carbocycles. The van der Waals surface area contributed by atoms with E-state index in [1.807, 2.05) is 0 Å². The average molecular weight is 655 g/mol. The summed E-state index contributed by atoms with van der Waals surface area (Å²) in [5, 5.41) is 1.70. The third kappa shape index (κ3) is 8.46. The Morgan fingerprint density at radius 1 is 0.426 bits per heavy atom. The second kappa shape index (κ2) is 17.1. The van der Waals surface area contributed by atoms with Crippen LogP contribution in [-0.2, 0) is 0 Å². The van der Waals surface area contributed by atoms with E-state index < -0.39 is 7.92 Å². The van der Waals surface area contributed by atoms with Crippen LogP contribution < -0.4 is 5.30 Å². The van der Waals surface area contributed by atoms with Crippen molar-refractivity contribution in [3.63, 3.8) is 0 Å². The second-order valence-electron chi connectivity index (χ2n) is 16.1. The van der Waals surface area contributed by atoms with Gasteiger partial charge in [-0.1, -0.05) is 161 Å². The topological polar surface area (TPSA) is 0 Å². The molecule has 0 atom stereocenters. The third-order valence-corrected chi connectivity index (χ3v) is 14.8. The molecule has 3 aromatic rings. The van der Waals surface area contributed by atoms with Gasteiger partial charge in [0.15, 0.2) is 0 Å². The van der Waals surface area contributed by atoms with Crippen LogP contribution >= 0.6 is 7.92 Å². The molecular formula is C46H71P. The molecular weight excluding hydrogens is 583 g/mol. The summed E-state index contributed by atoms with van der Waals surface area (Å²) in [6.07, 6.45) is 4.97. The molecule has 0 unspecified atom stereocenters. The molecule has 0 saturated heterocycles. The Bertz CT molecular complexity index is 1280. The highest BCUT2D eigenvalue weighted by atomic mass is 31.1. The minimum absolute atomic E-state index is 0.439. The van der Waals surface area contributed by atoms with Gasteiger partial charge in [-0.25, -0.2) is 0 Å². The Balaban J connectivity index is 2.75. The Kier molecular flexibility index (Phi) is 14.4. The van der Waals surface area contributed by atoms with Crippen molar-refractivity contribution in [2.75, 3.05) is 0 Å². The molecule has 47 heavy (non-hydrogen) atoms. The van der Waals surface area contributed by atoms with Crippen LogP contribution in [0.4, 0.5) is 0 Å². The minimum Gasteiger partial charge on any atom is -0.0676 e. The molecule has 3 aromatic carbocycles. The quantitative estimate of drug-likeness (QED) is 0.143. The number of hydrogen-bond donors (Lipinski definition) is 0. The van der Waals surface area contributed by atoms with Gasteiger partial charge in [0, 0.05) is 0 Å². The predicted octanol–water partition coefficient (Wildman–Crippen LogP) is 15.2. The summed E-state index contributed by atoms with van der Waals surface area (Å²) in [5.41, 5.74) is 16.6. The molecule has 0 aliphatic heterocycles. The van der Waals surface area contributed by atoms with Crippen LogP contribution in [0.2, 0.25) is 0 Å². The minimum atomic E-state index is -0.439. The molecule has 0 radical (unpaired) electrons. The van der Waals surface area contributed by atoms with Crippen molar-refractivity contribution in [3.8, 4) is 22.3 Å². The van der Waals surface area contributed by atoms with Gasteiger partial charge < -0.3 is 0 Å². The van der Waals surface area contributed by atoms with Crippen molar-refractivity contribution >= 4 is 13.2 Å². The monoisotopic (exact) mass is 655 g/mol. The van der Waals surface area contributed by atoms with Crippen LogP contribution in [0.5, 0.6) is 0 Å². The molecule has 0 spiro atoms. The van der Waals surface area contributed by atoms with Crippen molar-refractivity contribution in [1.29, 1.82) is 0 Å². The number of benzene rings is 3. The van der Waals surface area contributed by atoms with Crippen LogP contribution in [0.3, 0.4) is 0 Å². The summed E-state index contributed by atoms with van der Waals surface area (Å²) in [5.74, 6) is 2.83. The standard InChI is InChI=1S/C46H71P/c1-17-36(18-2)47(37(19-3)20-4)46-38(44-40(30(9)10)24-34(28(5)6)25-41(44)31(11)12)22-21-23-39(46)45-42(32(13)14)26-35(29(7)8)27-43(45)33(15)16/h21-33,36-37H,17-20H2,1-16H3. The fourth-order valence-electron chi connectivity index (χ4n) is 7.79. The smallest absolute Gasteiger partial charge is 0.00783 e. The van der Waals surface area contributed by atoms with E-state index in [9.17, 15) is 0 Å². The summed E-state index contributed by atoms with van der Waals surface area (Å²) in [6, 6.07) is 17.8. The van der Waals surface area contributed by atoms with E-state index in [1.54, 1.807) is 5.30 Å². The van der Waals surface area contributed by atoms with Gasteiger partial charge in [0.05, 0.1) is 0 Å². The van der Waals surface area contributed by atoms with Crippen LogP contribution in [-0.4, -0.2) is 11.3 Å². The lowest BCUT2D eigenvalue weighted by molar-refractivity contribution is 0.732. The van der Waals surface area contributed by atoms with Gasteiger partial charge in [0.2, 0.25) is 0 Å². The van der Waals surface area contributed by atoms with Crippen molar-refractivity contribution in [2.24, 2.45) is 0 Å². The van der Waals surface area contributed by atoms with E-state index in [0.29, 0.717) is 46.8 Å².